The average molecular weight is 660 g/mol. The lowest BCUT2D eigenvalue weighted by Crippen LogP contribution is -2.50. The average Bonchev–Trinajstić information content (AvgIpc) is 2.91. The highest BCUT2D eigenvalue weighted by molar-refractivity contribution is 7.98. The van der Waals surface area contributed by atoms with E-state index in [-0.39, 0.29) is 22.8 Å². The van der Waals surface area contributed by atoms with Crippen LogP contribution in [0.3, 0.4) is 0 Å². The van der Waals surface area contributed by atoms with Gasteiger partial charge in [0.2, 0.25) is 5.91 Å². The molecule has 15 heteroatoms. The molecule has 3 atom stereocenters. The summed E-state index contributed by atoms with van der Waals surface area (Å²) in [4.78, 5) is 39.0. The van der Waals surface area contributed by atoms with Gasteiger partial charge in [0.25, 0.3) is 5.91 Å². The number of hydrogen-bond donors (Lipinski definition) is 4. The van der Waals surface area contributed by atoms with Crippen molar-refractivity contribution in [3.63, 3.8) is 0 Å². The van der Waals surface area contributed by atoms with E-state index >= 15 is 0 Å². The van der Waals surface area contributed by atoms with Gasteiger partial charge in [0, 0.05) is 10.9 Å². The highest BCUT2D eigenvalue weighted by Crippen LogP contribution is 2.32. The van der Waals surface area contributed by atoms with E-state index in [0.29, 0.717) is 25.0 Å². The third-order valence-corrected chi connectivity index (χ3v) is 9.40. The zero-order valence-corrected chi connectivity index (χ0v) is 26.3. The first-order chi connectivity index (χ1) is 20.4. The van der Waals surface area contributed by atoms with Gasteiger partial charge in [0.05, 0.1) is 40.1 Å². The molecule has 0 heterocycles. The Morgan fingerprint density at radius 2 is 1.70 bits per heavy atom. The Morgan fingerprint density at radius 1 is 1.05 bits per heavy atom. The summed E-state index contributed by atoms with van der Waals surface area (Å²) in [5, 5.41) is 17.4. The second-order valence-electron chi connectivity index (χ2n) is 11.4. The number of benzene rings is 2. The molecule has 0 bridgehead atoms. The third kappa shape index (κ3) is 10.1. The monoisotopic (exact) mass is 659 g/mol. The van der Waals surface area contributed by atoms with Gasteiger partial charge in [0.15, 0.2) is 9.84 Å². The summed E-state index contributed by atoms with van der Waals surface area (Å²) in [5.74, 6) is -2.62. The summed E-state index contributed by atoms with van der Waals surface area (Å²) in [5.41, 5.74) is -2.89. The predicted molar refractivity (Wildman–Crippen MR) is 159 cm³/mol. The largest absolute Gasteiger partial charge is 0.444 e. The van der Waals surface area contributed by atoms with Crippen LogP contribution in [-0.2, 0) is 25.5 Å². The van der Waals surface area contributed by atoms with Crippen molar-refractivity contribution in [3.8, 4) is 0 Å². The molecule has 2 aromatic rings. The van der Waals surface area contributed by atoms with Gasteiger partial charge in [-0.05, 0) is 94.7 Å². The van der Waals surface area contributed by atoms with E-state index in [0.717, 1.165) is 11.0 Å². The van der Waals surface area contributed by atoms with Gasteiger partial charge in [-0.15, -0.1) is 11.8 Å². The molecular weight excluding hydrogens is 623 g/mol. The van der Waals surface area contributed by atoms with E-state index in [1.807, 2.05) is 6.26 Å². The number of nitrogens with one attached hydrogen (secondary N) is 3. The number of halogens is 3. The Balaban J connectivity index is 1.71. The molecule has 0 spiro atoms. The molecule has 44 heavy (non-hydrogen) atoms. The first-order valence-electron chi connectivity index (χ1n) is 13.7. The fraction of sp³-hybridized carbons (Fsp3) is 0.483. The molecular formula is C29H36F3N3O7S2. The maximum Gasteiger partial charge on any atom is 0.416 e. The summed E-state index contributed by atoms with van der Waals surface area (Å²) in [6.07, 6.45) is -3.94. The molecule has 4 N–H and O–H groups in total. The SMILES string of the molecule is CSc1ccc(S(=O)(=O)C[C@H]2CC[C@@H](O)C[C@@H]2NC(=O)CNC(=O)c2cc(C(F)(F)F)ccc2NC(=O)OC(C)(C)C)cc1. The van der Waals surface area contributed by atoms with Crippen LogP contribution >= 0.6 is 11.8 Å². The highest BCUT2D eigenvalue weighted by Gasteiger charge is 2.35. The normalized spacial score (nSPS) is 19.1. The molecule has 0 saturated heterocycles. The topological polar surface area (TPSA) is 151 Å². The molecule has 0 aromatic heterocycles. The zero-order valence-electron chi connectivity index (χ0n) is 24.7. The maximum absolute atomic E-state index is 13.4. The minimum atomic E-state index is -4.79. The van der Waals surface area contributed by atoms with Crippen molar-refractivity contribution in [2.24, 2.45) is 5.92 Å². The first kappa shape index (κ1) is 35.2. The van der Waals surface area contributed by atoms with Crippen LogP contribution in [0.5, 0.6) is 0 Å². The molecule has 242 valence electrons. The molecule has 2 aromatic carbocycles. The van der Waals surface area contributed by atoms with Crippen LogP contribution in [0.2, 0.25) is 0 Å². The van der Waals surface area contributed by atoms with Crippen molar-refractivity contribution in [2.75, 3.05) is 23.9 Å². The van der Waals surface area contributed by atoms with E-state index in [4.69, 9.17) is 4.74 Å². The number of ether oxygens (including phenoxy) is 1. The van der Waals surface area contributed by atoms with Gasteiger partial charge < -0.3 is 20.5 Å². The van der Waals surface area contributed by atoms with Crippen molar-refractivity contribution >= 4 is 45.2 Å². The Morgan fingerprint density at radius 3 is 2.30 bits per heavy atom. The number of alkyl halides is 3. The van der Waals surface area contributed by atoms with Crippen molar-refractivity contribution in [1.29, 1.82) is 0 Å². The molecule has 1 aliphatic rings. The number of anilines is 1. The van der Waals surface area contributed by atoms with Gasteiger partial charge in [-0.3, -0.25) is 14.9 Å². The summed E-state index contributed by atoms with van der Waals surface area (Å²) in [6, 6.07) is 7.83. The summed E-state index contributed by atoms with van der Waals surface area (Å²) in [7, 11) is -3.72. The first-order valence-corrected chi connectivity index (χ1v) is 16.6. The fourth-order valence-electron chi connectivity index (χ4n) is 4.69. The van der Waals surface area contributed by atoms with Crippen LogP contribution in [0.25, 0.3) is 0 Å². The van der Waals surface area contributed by atoms with Crippen molar-refractivity contribution in [1.82, 2.24) is 10.6 Å². The Hall–Kier alpha value is -3.30. The quantitative estimate of drug-likeness (QED) is 0.285. The van der Waals surface area contributed by atoms with E-state index in [9.17, 15) is 41.1 Å². The van der Waals surface area contributed by atoms with E-state index < -0.39 is 75.3 Å². The maximum atomic E-state index is 13.4. The second kappa shape index (κ2) is 14.2. The molecule has 1 fully saturated rings. The molecule has 1 aliphatic carbocycles. The standard InChI is InChI=1S/C29H36F3N3O7S2/c1-28(2,3)42-27(39)35-23-12-6-18(29(30,31)32)13-22(23)26(38)33-15-25(37)34-24-14-19(36)7-5-17(24)16-44(40,41)21-10-8-20(43-4)9-11-21/h6,8-13,17,19,24,36H,5,7,14-16H2,1-4H3,(H,33,38)(H,34,37)(H,35,39)/t17-,19-,24+/m1/s1. The molecule has 3 rings (SSSR count). The van der Waals surface area contributed by atoms with Crippen LogP contribution in [0.4, 0.5) is 23.7 Å². The third-order valence-electron chi connectivity index (χ3n) is 6.80. The lowest BCUT2D eigenvalue weighted by Gasteiger charge is -2.34. The number of rotatable bonds is 9. The Labute approximate surface area is 258 Å². The van der Waals surface area contributed by atoms with Crippen molar-refractivity contribution < 1.29 is 45.8 Å². The summed E-state index contributed by atoms with van der Waals surface area (Å²) >= 11 is 1.47. The fourth-order valence-corrected chi connectivity index (χ4v) is 6.81. The van der Waals surface area contributed by atoms with Crippen LogP contribution in [0.1, 0.15) is 56.0 Å². The number of sulfone groups is 1. The number of amides is 3. The van der Waals surface area contributed by atoms with Crippen LogP contribution in [0, 0.1) is 5.92 Å². The van der Waals surface area contributed by atoms with E-state index in [1.54, 1.807) is 32.9 Å². The lowest BCUT2D eigenvalue weighted by molar-refractivity contribution is -0.137. The Kier molecular flexibility index (Phi) is 11.4. The highest BCUT2D eigenvalue weighted by atomic mass is 32.2. The minimum absolute atomic E-state index is 0.0862. The van der Waals surface area contributed by atoms with Gasteiger partial charge >= 0.3 is 12.3 Å². The molecule has 1 saturated carbocycles. The molecule has 0 radical (unpaired) electrons. The zero-order chi connectivity index (χ0) is 32.9. The van der Waals surface area contributed by atoms with Gasteiger partial charge in [-0.25, -0.2) is 13.2 Å². The number of carbonyl (C=O) groups is 3. The number of aliphatic hydroxyl groups is 1. The smallest absolute Gasteiger partial charge is 0.416 e. The number of aliphatic hydroxyl groups excluding tert-OH is 1. The second-order valence-corrected chi connectivity index (χ2v) is 14.3. The van der Waals surface area contributed by atoms with Gasteiger partial charge in [0.1, 0.15) is 5.60 Å². The number of hydrogen-bond acceptors (Lipinski definition) is 8. The van der Waals surface area contributed by atoms with E-state index in [1.165, 1.54) is 23.9 Å². The van der Waals surface area contributed by atoms with Crippen molar-refractivity contribution in [3.05, 3.63) is 53.6 Å². The molecule has 10 nitrogen and oxygen atoms in total. The summed E-state index contributed by atoms with van der Waals surface area (Å²) < 4.78 is 71.5. The van der Waals surface area contributed by atoms with E-state index in [2.05, 4.69) is 16.0 Å². The molecule has 0 aliphatic heterocycles. The van der Waals surface area contributed by atoms with Gasteiger partial charge in [-0.1, -0.05) is 0 Å². The van der Waals surface area contributed by atoms with Crippen LogP contribution in [0.15, 0.2) is 52.3 Å². The minimum Gasteiger partial charge on any atom is -0.444 e. The lowest BCUT2D eigenvalue weighted by atomic mass is 9.84. The Bertz CT molecular complexity index is 1460. The number of thioether (sulfide) groups is 1. The van der Waals surface area contributed by atoms with Crippen LogP contribution < -0.4 is 16.0 Å². The van der Waals surface area contributed by atoms with Crippen molar-refractivity contribution in [2.45, 2.75) is 73.7 Å². The summed E-state index contributed by atoms with van der Waals surface area (Å²) in [6.45, 7) is 4.09. The number of carbonyl (C=O) groups excluding carboxylic acids is 3. The molecule has 3 amide bonds. The van der Waals surface area contributed by atoms with Gasteiger partial charge in [-0.2, -0.15) is 13.2 Å². The molecule has 0 unspecified atom stereocenters. The van der Waals surface area contributed by atoms with Crippen LogP contribution in [-0.4, -0.2) is 67.7 Å². The predicted octanol–water partition coefficient (Wildman–Crippen LogP) is 4.62.